The number of halogens is 1. The number of hydrogen-bond acceptors (Lipinski definition) is 3. The molecule has 1 unspecified atom stereocenters. The van der Waals surface area contributed by atoms with Gasteiger partial charge in [-0.25, -0.2) is 0 Å². The van der Waals surface area contributed by atoms with Crippen LogP contribution in [-0.2, 0) is 4.79 Å². The molecule has 0 amide bonds. The zero-order valence-electron chi connectivity index (χ0n) is 5.45. The third kappa shape index (κ3) is 1.92. The lowest BCUT2D eigenvalue weighted by atomic mass is 10.2. The van der Waals surface area contributed by atoms with E-state index in [0.29, 0.717) is 9.90 Å². The first-order valence-corrected chi connectivity index (χ1v) is 4.09. The Morgan fingerprint density at radius 2 is 2.45 bits per heavy atom. The van der Waals surface area contributed by atoms with Crippen molar-refractivity contribution in [2.75, 3.05) is 0 Å². The van der Waals surface area contributed by atoms with Crippen LogP contribution < -0.4 is 5.73 Å². The molecule has 0 aliphatic heterocycles. The first-order valence-electron chi connectivity index (χ1n) is 2.83. The summed E-state index contributed by atoms with van der Waals surface area (Å²) in [7, 11) is 0. The lowest BCUT2D eigenvalue weighted by molar-refractivity contribution is -0.138. The van der Waals surface area contributed by atoms with Crippen LogP contribution in [0.25, 0.3) is 0 Å². The van der Waals surface area contributed by atoms with Gasteiger partial charge in [-0.05, 0) is 17.0 Å². The third-order valence-electron chi connectivity index (χ3n) is 1.21. The van der Waals surface area contributed by atoms with Crippen molar-refractivity contribution in [3.8, 4) is 0 Å². The van der Waals surface area contributed by atoms with Crippen molar-refractivity contribution in [3.05, 3.63) is 21.3 Å². The topological polar surface area (TPSA) is 63.3 Å². The monoisotopic (exact) mass is 191 g/mol. The minimum absolute atomic E-state index is 0.549. The van der Waals surface area contributed by atoms with Gasteiger partial charge in [-0.15, -0.1) is 11.3 Å². The summed E-state index contributed by atoms with van der Waals surface area (Å²) in [6.07, 6.45) is 0. The first kappa shape index (κ1) is 8.52. The van der Waals surface area contributed by atoms with Gasteiger partial charge in [0.05, 0.1) is 4.34 Å². The Kier molecular flexibility index (Phi) is 2.49. The second-order valence-electron chi connectivity index (χ2n) is 2.00. The van der Waals surface area contributed by atoms with E-state index >= 15 is 0 Å². The molecule has 0 saturated heterocycles. The second-order valence-corrected chi connectivity index (χ2v) is 3.54. The Morgan fingerprint density at radius 3 is 2.82 bits per heavy atom. The highest BCUT2D eigenvalue weighted by Gasteiger charge is 2.14. The number of hydrogen-bond donors (Lipinski definition) is 2. The van der Waals surface area contributed by atoms with Gasteiger partial charge in [-0.3, -0.25) is 4.79 Å². The molecule has 1 aromatic heterocycles. The standard InChI is InChI=1S/C6H6ClNO2S/c7-4-1-3(2-11-4)5(8)6(9)10/h1-2,5H,8H2,(H,9,10). The van der Waals surface area contributed by atoms with Crippen molar-refractivity contribution in [2.24, 2.45) is 5.73 Å². The highest BCUT2D eigenvalue weighted by molar-refractivity contribution is 7.14. The maximum absolute atomic E-state index is 10.3. The minimum atomic E-state index is -1.04. The van der Waals surface area contributed by atoms with Crippen LogP contribution in [0.3, 0.4) is 0 Å². The highest BCUT2D eigenvalue weighted by atomic mass is 35.5. The van der Waals surface area contributed by atoms with E-state index in [1.54, 1.807) is 11.4 Å². The fourth-order valence-corrected chi connectivity index (χ4v) is 1.56. The molecule has 5 heteroatoms. The molecule has 11 heavy (non-hydrogen) atoms. The summed E-state index contributed by atoms with van der Waals surface area (Å²) < 4.78 is 0.553. The van der Waals surface area contributed by atoms with Gasteiger partial charge >= 0.3 is 5.97 Å². The average molecular weight is 192 g/mol. The number of nitrogens with two attached hydrogens (primary N) is 1. The number of thiophene rings is 1. The van der Waals surface area contributed by atoms with Crippen LogP contribution in [0.15, 0.2) is 11.4 Å². The van der Waals surface area contributed by atoms with Gasteiger partial charge in [0, 0.05) is 0 Å². The van der Waals surface area contributed by atoms with Crippen molar-refractivity contribution in [2.45, 2.75) is 6.04 Å². The van der Waals surface area contributed by atoms with Crippen LogP contribution in [-0.4, -0.2) is 11.1 Å². The second kappa shape index (κ2) is 3.21. The quantitative estimate of drug-likeness (QED) is 0.745. The number of carbonyl (C=O) groups is 1. The van der Waals surface area contributed by atoms with E-state index in [-0.39, 0.29) is 0 Å². The first-order chi connectivity index (χ1) is 5.11. The zero-order chi connectivity index (χ0) is 8.43. The van der Waals surface area contributed by atoms with Crippen LogP contribution in [0, 0.1) is 0 Å². The largest absolute Gasteiger partial charge is 0.480 e. The van der Waals surface area contributed by atoms with Gasteiger partial charge in [0.15, 0.2) is 0 Å². The summed E-state index contributed by atoms with van der Waals surface area (Å²) in [5.41, 5.74) is 5.85. The Balaban J connectivity index is 2.84. The van der Waals surface area contributed by atoms with Crippen LogP contribution >= 0.6 is 22.9 Å². The molecule has 0 radical (unpaired) electrons. The lowest BCUT2D eigenvalue weighted by Gasteiger charge is -2.00. The van der Waals surface area contributed by atoms with Gasteiger partial charge in [0.1, 0.15) is 6.04 Å². The van der Waals surface area contributed by atoms with E-state index in [4.69, 9.17) is 22.4 Å². The van der Waals surface area contributed by atoms with E-state index < -0.39 is 12.0 Å². The van der Waals surface area contributed by atoms with Crippen molar-refractivity contribution < 1.29 is 9.90 Å². The molecule has 0 aromatic carbocycles. The fourth-order valence-electron chi connectivity index (χ4n) is 0.629. The molecule has 60 valence electrons. The average Bonchev–Trinajstić information content (AvgIpc) is 2.34. The van der Waals surface area contributed by atoms with E-state index in [1.165, 1.54) is 11.3 Å². The fraction of sp³-hybridized carbons (Fsp3) is 0.167. The summed E-state index contributed by atoms with van der Waals surface area (Å²) in [4.78, 5) is 10.3. The molecule has 1 rings (SSSR count). The van der Waals surface area contributed by atoms with E-state index in [0.717, 1.165) is 0 Å². The summed E-state index contributed by atoms with van der Waals surface area (Å²) in [5.74, 6) is -1.04. The highest BCUT2D eigenvalue weighted by Crippen LogP contribution is 2.23. The summed E-state index contributed by atoms with van der Waals surface area (Å²) in [6.45, 7) is 0. The van der Waals surface area contributed by atoms with Gasteiger partial charge in [0.2, 0.25) is 0 Å². The van der Waals surface area contributed by atoms with Gasteiger partial charge < -0.3 is 10.8 Å². The molecule has 0 saturated carbocycles. The molecular formula is C6H6ClNO2S. The van der Waals surface area contributed by atoms with Crippen molar-refractivity contribution in [1.29, 1.82) is 0 Å². The van der Waals surface area contributed by atoms with E-state index in [2.05, 4.69) is 0 Å². The Hall–Kier alpha value is -0.580. The Morgan fingerprint density at radius 1 is 1.82 bits per heavy atom. The number of carboxylic acids is 1. The molecule has 0 bridgehead atoms. The predicted molar refractivity (Wildman–Crippen MR) is 43.9 cm³/mol. The number of aliphatic carboxylic acids is 1. The minimum Gasteiger partial charge on any atom is -0.480 e. The molecular weight excluding hydrogens is 186 g/mol. The van der Waals surface area contributed by atoms with E-state index in [9.17, 15) is 4.79 Å². The molecule has 0 spiro atoms. The lowest BCUT2D eigenvalue weighted by Crippen LogP contribution is -2.19. The van der Waals surface area contributed by atoms with Crippen LogP contribution in [0.2, 0.25) is 4.34 Å². The molecule has 1 aromatic rings. The number of rotatable bonds is 2. The van der Waals surface area contributed by atoms with Crippen molar-refractivity contribution in [1.82, 2.24) is 0 Å². The maximum atomic E-state index is 10.3. The molecule has 0 aliphatic carbocycles. The number of carboxylic acid groups (broad SMARTS) is 1. The normalized spacial score (nSPS) is 12.9. The van der Waals surface area contributed by atoms with Crippen LogP contribution in [0.4, 0.5) is 0 Å². The molecule has 0 aliphatic rings. The Labute approximate surface area is 72.4 Å². The molecule has 3 N–H and O–H groups in total. The van der Waals surface area contributed by atoms with Crippen molar-refractivity contribution in [3.63, 3.8) is 0 Å². The third-order valence-corrected chi connectivity index (χ3v) is 2.32. The molecule has 1 heterocycles. The van der Waals surface area contributed by atoms with Gasteiger partial charge in [0.25, 0.3) is 0 Å². The molecule has 3 nitrogen and oxygen atoms in total. The summed E-state index contributed by atoms with van der Waals surface area (Å²) in [6, 6.07) is 0.601. The van der Waals surface area contributed by atoms with E-state index in [1.807, 2.05) is 0 Å². The molecule has 1 atom stereocenters. The van der Waals surface area contributed by atoms with Gasteiger partial charge in [-0.1, -0.05) is 11.6 Å². The summed E-state index contributed by atoms with van der Waals surface area (Å²) in [5, 5.41) is 10.1. The smallest absolute Gasteiger partial charge is 0.325 e. The van der Waals surface area contributed by atoms with Crippen LogP contribution in [0.5, 0.6) is 0 Å². The van der Waals surface area contributed by atoms with Crippen molar-refractivity contribution >= 4 is 28.9 Å². The van der Waals surface area contributed by atoms with Crippen LogP contribution in [0.1, 0.15) is 11.6 Å². The predicted octanol–water partition coefficient (Wildman–Crippen LogP) is 1.49. The summed E-state index contributed by atoms with van der Waals surface area (Å²) >= 11 is 6.85. The molecule has 0 fully saturated rings. The zero-order valence-corrected chi connectivity index (χ0v) is 7.02. The maximum Gasteiger partial charge on any atom is 0.325 e. The van der Waals surface area contributed by atoms with Gasteiger partial charge in [-0.2, -0.15) is 0 Å². The Bertz CT molecular complexity index is 273. The SMILES string of the molecule is NC(C(=O)O)c1csc(Cl)c1.